The van der Waals surface area contributed by atoms with Crippen LogP contribution in [0.25, 0.3) is 0 Å². The molecule has 2 aliphatic carbocycles. The van der Waals surface area contributed by atoms with Gasteiger partial charge in [-0.3, -0.25) is 14.7 Å². The Morgan fingerprint density at radius 3 is 2.84 bits per heavy atom. The Morgan fingerprint density at radius 2 is 2.16 bits per heavy atom. The zero-order chi connectivity index (χ0) is 17.4. The van der Waals surface area contributed by atoms with E-state index in [9.17, 15) is 9.59 Å². The fourth-order valence-corrected chi connectivity index (χ4v) is 4.27. The highest BCUT2D eigenvalue weighted by Crippen LogP contribution is 2.39. The van der Waals surface area contributed by atoms with Gasteiger partial charge in [-0.05, 0) is 43.2 Å². The Kier molecular flexibility index (Phi) is 4.23. The Balaban J connectivity index is 1.50. The van der Waals surface area contributed by atoms with E-state index in [-0.39, 0.29) is 17.9 Å². The number of carbonyl (C=O) groups is 2. The molecule has 2 saturated carbocycles. The van der Waals surface area contributed by atoms with Crippen LogP contribution < -0.4 is 5.32 Å². The summed E-state index contributed by atoms with van der Waals surface area (Å²) in [7, 11) is 0. The van der Waals surface area contributed by atoms with Gasteiger partial charge in [0.25, 0.3) is 5.91 Å². The van der Waals surface area contributed by atoms with Crippen molar-refractivity contribution in [2.45, 2.75) is 63.6 Å². The number of pyridine rings is 1. The molecule has 0 aromatic carbocycles. The molecule has 1 aliphatic heterocycles. The van der Waals surface area contributed by atoms with E-state index in [1.807, 2.05) is 18.3 Å². The van der Waals surface area contributed by atoms with Crippen LogP contribution in [-0.4, -0.2) is 45.0 Å². The Hall–Kier alpha value is -1.95. The van der Waals surface area contributed by atoms with Gasteiger partial charge in [-0.1, -0.05) is 25.8 Å². The van der Waals surface area contributed by atoms with Gasteiger partial charge < -0.3 is 5.32 Å². The number of nitrogens with zero attached hydrogens (tertiary/aromatic N) is 3. The summed E-state index contributed by atoms with van der Waals surface area (Å²) < 4.78 is 0. The molecule has 6 nitrogen and oxygen atoms in total. The molecule has 0 unspecified atom stereocenters. The molecule has 2 atom stereocenters. The molecule has 1 aromatic heterocycles. The molecule has 6 heteroatoms. The van der Waals surface area contributed by atoms with Crippen LogP contribution in [-0.2, 0) is 11.3 Å². The molecule has 0 radical (unpaired) electrons. The Morgan fingerprint density at radius 1 is 1.32 bits per heavy atom. The maximum Gasteiger partial charge on any atom is 0.326 e. The standard InChI is InChI=1S/C19H26N4O2/c1-14-5-2-3-9-19(14)17(24)23(18(25)21-19)13-22(16-7-8-16)12-15-6-4-10-20-11-15/h4,6,10-11,14,16H,2-3,5,7-9,12-13H2,1H3,(H,21,25)/t14-,19+/m0/s1. The molecule has 0 bridgehead atoms. The molecule has 1 saturated heterocycles. The van der Waals surface area contributed by atoms with Gasteiger partial charge in [0.2, 0.25) is 0 Å². The first-order valence-corrected chi connectivity index (χ1v) is 9.37. The Labute approximate surface area is 148 Å². The van der Waals surface area contributed by atoms with Crippen molar-refractivity contribution in [3.8, 4) is 0 Å². The molecular weight excluding hydrogens is 316 g/mol. The van der Waals surface area contributed by atoms with Crippen molar-refractivity contribution < 1.29 is 9.59 Å². The minimum atomic E-state index is -0.668. The number of nitrogens with one attached hydrogen (secondary N) is 1. The first kappa shape index (κ1) is 16.5. The third-order valence-electron chi connectivity index (χ3n) is 6.00. The largest absolute Gasteiger partial charge is 0.326 e. The number of amides is 3. The zero-order valence-corrected chi connectivity index (χ0v) is 14.8. The lowest BCUT2D eigenvalue weighted by atomic mass is 9.73. The summed E-state index contributed by atoms with van der Waals surface area (Å²) in [6.07, 6.45) is 9.79. The number of hydrogen-bond donors (Lipinski definition) is 1. The van der Waals surface area contributed by atoms with Gasteiger partial charge in [-0.15, -0.1) is 0 Å². The third-order valence-corrected chi connectivity index (χ3v) is 6.00. The molecule has 3 amide bonds. The lowest BCUT2D eigenvalue weighted by molar-refractivity contribution is -0.135. The quantitative estimate of drug-likeness (QED) is 0.835. The summed E-state index contributed by atoms with van der Waals surface area (Å²) in [4.78, 5) is 33.6. The van der Waals surface area contributed by atoms with Crippen LogP contribution in [0.5, 0.6) is 0 Å². The van der Waals surface area contributed by atoms with Crippen LogP contribution in [0.15, 0.2) is 24.5 Å². The second-order valence-corrected chi connectivity index (χ2v) is 7.76. The number of hydrogen-bond acceptors (Lipinski definition) is 4. The summed E-state index contributed by atoms with van der Waals surface area (Å²) in [5.74, 6) is 0.178. The van der Waals surface area contributed by atoms with Crippen LogP contribution >= 0.6 is 0 Å². The van der Waals surface area contributed by atoms with Gasteiger partial charge >= 0.3 is 6.03 Å². The SMILES string of the molecule is C[C@H]1CCCC[C@@]12NC(=O)N(CN(Cc1cccnc1)C1CC1)C2=O. The highest BCUT2D eigenvalue weighted by atomic mass is 16.2. The second-order valence-electron chi connectivity index (χ2n) is 7.76. The molecule has 2 heterocycles. The van der Waals surface area contributed by atoms with Gasteiger partial charge in [-0.25, -0.2) is 9.69 Å². The predicted molar refractivity (Wildman–Crippen MR) is 93.4 cm³/mol. The normalized spacial score (nSPS) is 29.5. The second kappa shape index (κ2) is 6.41. The predicted octanol–water partition coefficient (Wildman–Crippen LogP) is 2.50. The number of rotatable bonds is 5. The van der Waals surface area contributed by atoms with Crippen molar-refractivity contribution >= 4 is 11.9 Å². The smallest absolute Gasteiger partial charge is 0.323 e. The van der Waals surface area contributed by atoms with Crippen molar-refractivity contribution in [3.05, 3.63) is 30.1 Å². The summed E-state index contributed by atoms with van der Waals surface area (Å²) in [5.41, 5.74) is 0.445. The van der Waals surface area contributed by atoms with E-state index in [1.165, 1.54) is 4.90 Å². The zero-order valence-electron chi connectivity index (χ0n) is 14.8. The van der Waals surface area contributed by atoms with Crippen molar-refractivity contribution in [1.82, 2.24) is 20.1 Å². The van der Waals surface area contributed by atoms with E-state index in [0.29, 0.717) is 12.7 Å². The van der Waals surface area contributed by atoms with Crippen LogP contribution in [0.4, 0.5) is 4.79 Å². The van der Waals surface area contributed by atoms with E-state index in [4.69, 9.17) is 0 Å². The van der Waals surface area contributed by atoms with Crippen molar-refractivity contribution in [2.24, 2.45) is 5.92 Å². The maximum atomic E-state index is 13.1. The van der Waals surface area contributed by atoms with Gasteiger partial charge in [0.1, 0.15) is 5.54 Å². The third kappa shape index (κ3) is 3.03. The molecule has 3 fully saturated rings. The molecule has 1 aromatic rings. The summed E-state index contributed by atoms with van der Waals surface area (Å²) in [6, 6.07) is 4.20. The molecule has 25 heavy (non-hydrogen) atoms. The molecular formula is C19H26N4O2. The molecule has 4 rings (SSSR count). The maximum absolute atomic E-state index is 13.1. The van der Waals surface area contributed by atoms with E-state index >= 15 is 0 Å². The van der Waals surface area contributed by atoms with Gasteiger partial charge in [0.15, 0.2) is 0 Å². The van der Waals surface area contributed by atoms with Gasteiger partial charge in [-0.2, -0.15) is 0 Å². The molecule has 3 aliphatic rings. The highest BCUT2D eigenvalue weighted by molar-refractivity contribution is 6.07. The fourth-order valence-electron chi connectivity index (χ4n) is 4.27. The van der Waals surface area contributed by atoms with Crippen LogP contribution in [0.3, 0.4) is 0 Å². The van der Waals surface area contributed by atoms with Crippen LogP contribution in [0.2, 0.25) is 0 Å². The van der Waals surface area contributed by atoms with Gasteiger partial charge in [0, 0.05) is 25.0 Å². The number of carbonyl (C=O) groups excluding carboxylic acids is 2. The van der Waals surface area contributed by atoms with E-state index < -0.39 is 5.54 Å². The molecule has 1 spiro atoms. The molecule has 134 valence electrons. The summed E-state index contributed by atoms with van der Waals surface area (Å²) in [6.45, 7) is 3.19. The van der Waals surface area contributed by atoms with Crippen molar-refractivity contribution in [2.75, 3.05) is 6.67 Å². The van der Waals surface area contributed by atoms with E-state index in [0.717, 1.165) is 50.6 Å². The van der Waals surface area contributed by atoms with E-state index in [1.54, 1.807) is 6.20 Å². The van der Waals surface area contributed by atoms with Crippen molar-refractivity contribution in [1.29, 1.82) is 0 Å². The first-order chi connectivity index (χ1) is 12.1. The number of urea groups is 1. The average molecular weight is 342 g/mol. The Bertz CT molecular complexity index is 661. The highest BCUT2D eigenvalue weighted by Gasteiger charge is 2.55. The monoisotopic (exact) mass is 342 g/mol. The topological polar surface area (TPSA) is 65.5 Å². The molecule has 1 N–H and O–H groups in total. The van der Waals surface area contributed by atoms with E-state index in [2.05, 4.69) is 22.1 Å². The first-order valence-electron chi connectivity index (χ1n) is 9.37. The average Bonchev–Trinajstić information content (AvgIpc) is 3.42. The lowest BCUT2D eigenvalue weighted by Gasteiger charge is -2.37. The number of aromatic nitrogens is 1. The minimum Gasteiger partial charge on any atom is -0.323 e. The summed E-state index contributed by atoms with van der Waals surface area (Å²) in [5, 5.41) is 3.05. The van der Waals surface area contributed by atoms with Crippen LogP contribution in [0, 0.1) is 5.92 Å². The van der Waals surface area contributed by atoms with Crippen molar-refractivity contribution in [3.63, 3.8) is 0 Å². The minimum absolute atomic E-state index is 0.0264. The van der Waals surface area contributed by atoms with Gasteiger partial charge in [0.05, 0.1) is 6.67 Å². The lowest BCUT2D eigenvalue weighted by Crippen LogP contribution is -2.54. The summed E-state index contributed by atoms with van der Waals surface area (Å²) >= 11 is 0. The fraction of sp³-hybridized carbons (Fsp3) is 0.632. The number of imide groups is 1. The van der Waals surface area contributed by atoms with Crippen LogP contribution in [0.1, 0.15) is 51.0 Å².